The average molecular weight is 252 g/mol. The largest absolute Gasteiger partial charge is 0.464 e. The van der Waals surface area contributed by atoms with E-state index in [1.165, 1.54) is 7.11 Å². The molecule has 18 heavy (non-hydrogen) atoms. The highest BCUT2D eigenvalue weighted by atomic mass is 16.5. The van der Waals surface area contributed by atoms with Crippen molar-refractivity contribution < 1.29 is 14.3 Å². The molecule has 1 fully saturated rings. The first-order chi connectivity index (χ1) is 8.55. The Labute approximate surface area is 107 Å². The van der Waals surface area contributed by atoms with Crippen LogP contribution in [0.1, 0.15) is 36.5 Å². The summed E-state index contributed by atoms with van der Waals surface area (Å²) in [6, 6.07) is 3.63. The number of hydrogen-bond acceptors (Lipinski definition) is 4. The summed E-state index contributed by atoms with van der Waals surface area (Å²) in [6.45, 7) is 5.72. The van der Waals surface area contributed by atoms with Gasteiger partial charge in [-0.25, -0.2) is 4.79 Å². The molecule has 1 aliphatic heterocycles. The van der Waals surface area contributed by atoms with Crippen LogP contribution in [0.4, 0.5) is 0 Å². The third kappa shape index (κ3) is 2.57. The predicted octanol–water partition coefficient (Wildman–Crippen LogP) is 1.46. The minimum absolute atomic E-state index is 0.00343. The van der Waals surface area contributed by atoms with Gasteiger partial charge in [-0.15, -0.1) is 0 Å². The van der Waals surface area contributed by atoms with E-state index in [4.69, 9.17) is 4.74 Å². The van der Waals surface area contributed by atoms with Gasteiger partial charge in [0.1, 0.15) is 5.69 Å². The molecule has 0 bridgehead atoms. The molecule has 0 amide bonds. The minimum atomic E-state index is -0.343. The minimum Gasteiger partial charge on any atom is -0.464 e. The first-order valence-electron chi connectivity index (χ1n) is 6.18. The Morgan fingerprint density at radius 2 is 2.44 bits per heavy atom. The second-order valence-corrected chi connectivity index (χ2v) is 4.92. The summed E-state index contributed by atoms with van der Waals surface area (Å²) in [4.78, 5) is 14.4. The highest BCUT2D eigenvalue weighted by Gasteiger charge is 2.36. The van der Waals surface area contributed by atoms with Crippen molar-refractivity contribution in [3.8, 4) is 0 Å². The molecule has 1 aromatic heterocycles. The normalized spacial score (nSPS) is 27.4. The lowest BCUT2D eigenvalue weighted by Crippen LogP contribution is -2.47. The van der Waals surface area contributed by atoms with E-state index in [2.05, 4.69) is 28.9 Å². The third-order valence-corrected chi connectivity index (χ3v) is 3.72. The number of hydrogen-bond donors (Lipinski definition) is 2. The Balaban J connectivity index is 1.94. The molecule has 0 aliphatic carbocycles. The van der Waals surface area contributed by atoms with Gasteiger partial charge >= 0.3 is 5.97 Å². The molecule has 1 aliphatic rings. The van der Waals surface area contributed by atoms with Crippen LogP contribution in [0.5, 0.6) is 0 Å². The van der Waals surface area contributed by atoms with Crippen molar-refractivity contribution in [2.75, 3.05) is 13.7 Å². The Morgan fingerprint density at radius 3 is 3.06 bits per heavy atom. The van der Waals surface area contributed by atoms with Crippen molar-refractivity contribution in [2.24, 2.45) is 0 Å². The Morgan fingerprint density at radius 1 is 1.67 bits per heavy atom. The molecule has 2 unspecified atom stereocenters. The summed E-state index contributed by atoms with van der Waals surface area (Å²) in [5.41, 5.74) is 1.45. The molecule has 100 valence electrons. The molecule has 0 radical (unpaired) electrons. The van der Waals surface area contributed by atoms with Crippen molar-refractivity contribution in [3.63, 3.8) is 0 Å². The van der Waals surface area contributed by atoms with Gasteiger partial charge in [-0.1, -0.05) is 0 Å². The number of methoxy groups -OCH3 is 1. The number of rotatable bonds is 4. The fourth-order valence-corrected chi connectivity index (χ4v) is 2.14. The number of carbonyl (C=O) groups excluding carboxylic acids is 1. The molecule has 2 heterocycles. The summed E-state index contributed by atoms with van der Waals surface area (Å²) in [5, 5.41) is 3.49. The van der Waals surface area contributed by atoms with Gasteiger partial charge in [0, 0.05) is 24.4 Å². The van der Waals surface area contributed by atoms with Gasteiger partial charge in [-0.2, -0.15) is 0 Å². The van der Waals surface area contributed by atoms with Crippen LogP contribution in [0.25, 0.3) is 0 Å². The number of esters is 1. The maximum absolute atomic E-state index is 11.3. The second kappa shape index (κ2) is 5.12. The Bertz CT molecular complexity index is 430. The van der Waals surface area contributed by atoms with Crippen LogP contribution in [0, 0.1) is 0 Å². The van der Waals surface area contributed by atoms with Gasteiger partial charge < -0.3 is 19.8 Å². The Hall–Kier alpha value is -1.33. The molecule has 0 spiro atoms. The van der Waals surface area contributed by atoms with Gasteiger partial charge in [-0.3, -0.25) is 0 Å². The lowest BCUT2D eigenvalue weighted by atomic mass is 9.94. The topological polar surface area (TPSA) is 63.4 Å². The van der Waals surface area contributed by atoms with E-state index in [1.807, 2.05) is 6.07 Å². The fourth-order valence-electron chi connectivity index (χ4n) is 2.14. The number of aromatic nitrogens is 1. The quantitative estimate of drug-likeness (QED) is 0.796. The average Bonchev–Trinajstić information content (AvgIpc) is 2.95. The molecule has 2 atom stereocenters. The lowest BCUT2D eigenvalue weighted by Gasteiger charge is -2.28. The summed E-state index contributed by atoms with van der Waals surface area (Å²) < 4.78 is 10.2. The van der Waals surface area contributed by atoms with Gasteiger partial charge in [0.25, 0.3) is 0 Å². The van der Waals surface area contributed by atoms with Crippen LogP contribution in [-0.2, 0) is 16.0 Å². The molecule has 5 nitrogen and oxygen atoms in total. The monoisotopic (exact) mass is 252 g/mol. The van der Waals surface area contributed by atoms with Gasteiger partial charge in [0.15, 0.2) is 0 Å². The van der Waals surface area contributed by atoms with Crippen LogP contribution in [0.3, 0.4) is 0 Å². The second-order valence-electron chi connectivity index (χ2n) is 4.92. The van der Waals surface area contributed by atoms with E-state index >= 15 is 0 Å². The zero-order chi connectivity index (χ0) is 13.2. The van der Waals surface area contributed by atoms with Crippen LogP contribution < -0.4 is 5.32 Å². The number of ether oxygens (including phenoxy) is 2. The fraction of sp³-hybridized carbons (Fsp3) is 0.615. The smallest absolute Gasteiger partial charge is 0.354 e. The Kier molecular flexibility index (Phi) is 3.73. The summed E-state index contributed by atoms with van der Waals surface area (Å²) in [5.74, 6) is -0.343. The molecule has 5 heteroatoms. The zero-order valence-electron chi connectivity index (χ0n) is 11.1. The highest BCUT2D eigenvalue weighted by Crippen LogP contribution is 2.25. The van der Waals surface area contributed by atoms with Crippen molar-refractivity contribution >= 4 is 5.97 Å². The zero-order valence-corrected chi connectivity index (χ0v) is 11.1. The maximum Gasteiger partial charge on any atom is 0.354 e. The van der Waals surface area contributed by atoms with E-state index in [0.29, 0.717) is 12.2 Å². The van der Waals surface area contributed by atoms with E-state index in [0.717, 1.165) is 18.7 Å². The van der Waals surface area contributed by atoms with E-state index in [-0.39, 0.29) is 17.6 Å². The number of H-pyrrole nitrogens is 1. The van der Waals surface area contributed by atoms with Gasteiger partial charge in [-0.05, 0) is 32.4 Å². The maximum atomic E-state index is 11.3. The van der Waals surface area contributed by atoms with Crippen molar-refractivity contribution in [1.82, 2.24) is 10.3 Å². The third-order valence-electron chi connectivity index (χ3n) is 3.72. The van der Waals surface area contributed by atoms with E-state index < -0.39 is 0 Å². The van der Waals surface area contributed by atoms with Crippen LogP contribution in [-0.4, -0.2) is 36.3 Å². The first-order valence-corrected chi connectivity index (χ1v) is 6.18. The number of aromatic amines is 1. The molecule has 2 rings (SSSR count). The summed E-state index contributed by atoms with van der Waals surface area (Å²) in [6.07, 6.45) is 1.20. The van der Waals surface area contributed by atoms with E-state index in [9.17, 15) is 4.79 Å². The van der Waals surface area contributed by atoms with Crippen molar-refractivity contribution in [2.45, 2.75) is 38.5 Å². The summed E-state index contributed by atoms with van der Waals surface area (Å²) >= 11 is 0. The SMILES string of the molecule is COC(=O)c1ccc(CNC2(C)CCOC2C)[nH]1. The number of carbonyl (C=O) groups is 1. The predicted molar refractivity (Wildman–Crippen MR) is 67.4 cm³/mol. The molecular weight excluding hydrogens is 232 g/mol. The molecule has 0 aromatic carbocycles. The van der Waals surface area contributed by atoms with E-state index in [1.54, 1.807) is 6.07 Å². The molecule has 0 saturated carbocycles. The van der Waals surface area contributed by atoms with Crippen molar-refractivity contribution in [3.05, 3.63) is 23.5 Å². The van der Waals surface area contributed by atoms with Gasteiger partial charge in [0.2, 0.25) is 0 Å². The molecule has 1 saturated heterocycles. The lowest BCUT2D eigenvalue weighted by molar-refractivity contribution is 0.0594. The molecular formula is C13H20N2O3. The van der Waals surface area contributed by atoms with Crippen LogP contribution >= 0.6 is 0 Å². The highest BCUT2D eigenvalue weighted by molar-refractivity contribution is 5.87. The first kappa shape index (κ1) is 13.1. The standard InChI is InChI=1S/C13H20N2O3/c1-9-13(2,6-7-18-9)14-8-10-4-5-11(15-10)12(16)17-3/h4-5,9,14-15H,6-8H2,1-3H3. The summed E-state index contributed by atoms with van der Waals surface area (Å²) in [7, 11) is 1.37. The van der Waals surface area contributed by atoms with Crippen LogP contribution in [0.15, 0.2) is 12.1 Å². The molecule has 1 aromatic rings. The molecule has 2 N–H and O–H groups in total. The van der Waals surface area contributed by atoms with Crippen molar-refractivity contribution in [1.29, 1.82) is 0 Å². The number of nitrogens with one attached hydrogen (secondary N) is 2. The van der Waals surface area contributed by atoms with Crippen LogP contribution in [0.2, 0.25) is 0 Å². The van der Waals surface area contributed by atoms with Gasteiger partial charge in [0.05, 0.1) is 13.2 Å².